The largest absolute Gasteiger partial charge is 0.395 e. The smallest absolute Gasteiger partial charge is 0.336 e. The van der Waals surface area contributed by atoms with Gasteiger partial charge in [0.25, 0.3) is 11.5 Å². The van der Waals surface area contributed by atoms with Crippen molar-refractivity contribution >= 4 is 53.6 Å². The first kappa shape index (κ1) is 25.4. The molecule has 15 nitrogen and oxygen atoms in total. The van der Waals surface area contributed by atoms with E-state index in [1.807, 2.05) is 0 Å². The van der Waals surface area contributed by atoms with Crippen LogP contribution in [-0.2, 0) is 35.2 Å². The fraction of sp³-hybridized carbons (Fsp3) is 0.190. The number of esters is 2. The van der Waals surface area contributed by atoms with Crippen LogP contribution in [0.4, 0.5) is 11.6 Å². The standard InChI is InChI=1S/C21H19N7O8/c22-21-27-17-16(19(33)28-21)25-13(8-24-17)7-23-12-3-1-11(2-4-12)18(32)26-14(20(34)36-10-30)5-6-15(31)35-9-29/h1-4,8-10,14,23H,5-7H2,(H,26,32)(H3,22,24,27,28,33)/t14-/m0/s1. The number of aromatic amines is 1. The Morgan fingerprint density at radius 3 is 2.50 bits per heavy atom. The van der Waals surface area contributed by atoms with Crippen molar-refractivity contribution in [2.75, 3.05) is 11.1 Å². The van der Waals surface area contributed by atoms with Crippen molar-refractivity contribution in [3.05, 3.63) is 52.1 Å². The lowest BCUT2D eigenvalue weighted by Crippen LogP contribution is -2.42. The third kappa shape index (κ3) is 6.66. The van der Waals surface area contributed by atoms with Crippen molar-refractivity contribution in [3.63, 3.8) is 0 Å². The normalized spacial score (nSPS) is 11.2. The van der Waals surface area contributed by atoms with Crippen molar-refractivity contribution in [2.45, 2.75) is 25.4 Å². The van der Waals surface area contributed by atoms with Gasteiger partial charge in [-0.2, -0.15) is 4.98 Å². The zero-order valence-electron chi connectivity index (χ0n) is 18.4. The summed E-state index contributed by atoms with van der Waals surface area (Å²) in [6.07, 6.45) is 0.794. The van der Waals surface area contributed by atoms with E-state index in [1.54, 1.807) is 12.1 Å². The van der Waals surface area contributed by atoms with Crippen LogP contribution in [-0.4, -0.2) is 56.8 Å². The fourth-order valence-corrected chi connectivity index (χ4v) is 2.98. The van der Waals surface area contributed by atoms with E-state index < -0.39 is 29.4 Å². The molecule has 0 aliphatic heterocycles. The number of carbonyl (C=O) groups is 5. The SMILES string of the molecule is Nc1nc2ncc(CNc3ccc(C(=O)N[C@@H](CCC(=O)OC=O)C(=O)OC=O)cc3)nc2c(=O)[nH]1. The van der Waals surface area contributed by atoms with Gasteiger partial charge in [0.2, 0.25) is 5.95 Å². The number of hydrogen-bond acceptors (Lipinski definition) is 13. The molecule has 1 amide bonds. The molecule has 0 radical (unpaired) electrons. The first-order valence-electron chi connectivity index (χ1n) is 10.2. The van der Waals surface area contributed by atoms with Crippen molar-refractivity contribution in [1.29, 1.82) is 0 Å². The number of carbonyl (C=O) groups excluding carboxylic acids is 5. The molecule has 0 aliphatic rings. The number of hydrogen-bond donors (Lipinski definition) is 4. The van der Waals surface area contributed by atoms with E-state index in [1.165, 1.54) is 18.3 Å². The first-order chi connectivity index (χ1) is 17.3. The van der Waals surface area contributed by atoms with Crippen LogP contribution >= 0.6 is 0 Å². The van der Waals surface area contributed by atoms with Crippen LogP contribution in [0.25, 0.3) is 11.2 Å². The maximum Gasteiger partial charge on any atom is 0.336 e. The third-order valence-corrected chi connectivity index (χ3v) is 4.68. The van der Waals surface area contributed by atoms with Crippen LogP contribution in [0.1, 0.15) is 28.9 Å². The number of anilines is 2. The summed E-state index contributed by atoms with van der Waals surface area (Å²) in [5, 5.41) is 5.42. The lowest BCUT2D eigenvalue weighted by Gasteiger charge is -2.15. The van der Waals surface area contributed by atoms with E-state index >= 15 is 0 Å². The molecule has 0 spiro atoms. The quantitative estimate of drug-likeness (QED) is 0.144. The maximum absolute atomic E-state index is 12.5. The molecule has 5 N–H and O–H groups in total. The molecular formula is C21H19N7O8. The summed E-state index contributed by atoms with van der Waals surface area (Å²) in [7, 11) is 0. The average Bonchev–Trinajstić information content (AvgIpc) is 2.85. The lowest BCUT2D eigenvalue weighted by atomic mass is 10.1. The molecule has 1 atom stereocenters. The monoisotopic (exact) mass is 497 g/mol. The lowest BCUT2D eigenvalue weighted by molar-refractivity contribution is -0.153. The molecule has 15 heteroatoms. The summed E-state index contributed by atoms with van der Waals surface area (Å²) >= 11 is 0. The third-order valence-electron chi connectivity index (χ3n) is 4.68. The molecular weight excluding hydrogens is 478 g/mol. The second kappa shape index (κ2) is 11.8. The van der Waals surface area contributed by atoms with E-state index in [0.29, 0.717) is 11.4 Å². The summed E-state index contributed by atoms with van der Waals surface area (Å²) in [5.41, 5.74) is 6.34. The van der Waals surface area contributed by atoms with E-state index in [0.717, 1.165) is 0 Å². The van der Waals surface area contributed by atoms with Gasteiger partial charge in [0.1, 0.15) is 6.04 Å². The zero-order chi connectivity index (χ0) is 26.1. The fourth-order valence-electron chi connectivity index (χ4n) is 2.98. The molecule has 36 heavy (non-hydrogen) atoms. The predicted molar refractivity (Wildman–Crippen MR) is 121 cm³/mol. The Bertz CT molecular complexity index is 1360. The second-order valence-corrected chi connectivity index (χ2v) is 7.10. The van der Waals surface area contributed by atoms with Crippen molar-refractivity contribution in [3.8, 4) is 0 Å². The molecule has 0 bridgehead atoms. The summed E-state index contributed by atoms with van der Waals surface area (Å²) in [6, 6.07) is 4.75. The van der Waals surface area contributed by atoms with E-state index in [9.17, 15) is 28.8 Å². The van der Waals surface area contributed by atoms with Gasteiger partial charge in [-0.05, 0) is 30.7 Å². The van der Waals surface area contributed by atoms with Gasteiger partial charge in [0.05, 0.1) is 18.4 Å². The van der Waals surface area contributed by atoms with Crippen LogP contribution in [0.5, 0.6) is 0 Å². The average molecular weight is 497 g/mol. The Morgan fingerprint density at radius 1 is 1.08 bits per heavy atom. The van der Waals surface area contributed by atoms with Gasteiger partial charge in [-0.1, -0.05) is 0 Å². The summed E-state index contributed by atoms with van der Waals surface area (Å²) in [4.78, 5) is 83.0. The Morgan fingerprint density at radius 2 is 1.81 bits per heavy atom. The Hall–Kier alpha value is -5.21. The molecule has 0 unspecified atom stereocenters. The number of H-pyrrole nitrogens is 1. The zero-order valence-corrected chi connectivity index (χ0v) is 18.4. The highest BCUT2D eigenvalue weighted by Crippen LogP contribution is 2.12. The molecule has 2 aromatic heterocycles. The number of nitrogens with one attached hydrogen (secondary N) is 3. The second-order valence-electron chi connectivity index (χ2n) is 7.10. The van der Waals surface area contributed by atoms with E-state index in [4.69, 9.17) is 5.73 Å². The predicted octanol–water partition coefficient (Wildman–Crippen LogP) is -0.815. The van der Waals surface area contributed by atoms with Crippen LogP contribution in [0.3, 0.4) is 0 Å². The molecule has 0 aliphatic carbocycles. The van der Waals surface area contributed by atoms with Gasteiger partial charge in [0, 0.05) is 17.7 Å². The molecule has 186 valence electrons. The van der Waals surface area contributed by atoms with Crippen LogP contribution in [0.2, 0.25) is 0 Å². The molecule has 2 heterocycles. The number of benzene rings is 1. The minimum Gasteiger partial charge on any atom is -0.395 e. The minimum absolute atomic E-state index is 0.0394. The number of ether oxygens (including phenoxy) is 2. The van der Waals surface area contributed by atoms with Gasteiger partial charge < -0.3 is 25.8 Å². The summed E-state index contributed by atoms with van der Waals surface area (Å²) < 4.78 is 8.38. The number of nitrogen functional groups attached to an aromatic ring is 1. The van der Waals surface area contributed by atoms with Gasteiger partial charge in [-0.3, -0.25) is 29.0 Å². The Labute approximate surface area is 201 Å². The Balaban J connectivity index is 1.62. The number of fused-ring (bicyclic) bond motifs is 1. The molecule has 1 aromatic carbocycles. The summed E-state index contributed by atoms with van der Waals surface area (Å²) in [6.45, 7) is 0.0392. The highest BCUT2D eigenvalue weighted by atomic mass is 16.6. The van der Waals surface area contributed by atoms with Crippen LogP contribution < -0.4 is 21.9 Å². The van der Waals surface area contributed by atoms with Gasteiger partial charge >= 0.3 is 24.9 Å². The number of amides is 1. The van der Waals surface area contributed by atoms with Crippen molar-refractivity contribution in [2.24, 2.45) is 0 Å². The minimum atomic E-state index is -1.33. The van der Waals surface area contributed by atoms with Crippen LogP contribution in [0, 0.1) is 0 Å². The maximum atomic E-state index is 12.5. The van der Waals surface area contributed by atoms with Gasteiger partial charge in [-0.25, -0.2) is 14.8 Å². The van der Waals surface area contributed by atoms with Crippen LogP contribution in [0.15, 0.2) is 35.3 Å². The molecule has 0 fully saturated rings. The molecule has 3 rings (SSSR count). The Kier molecular flexibility index (Phi) is 8.31. The van der Waals surface area contributed by atoms with E-state index in [2.05, 4.69) is 40.0 Å². The molecule has 0 saturated carbocycles. The number of nitrogens with zero attached hydrogens (tertiary/aromatic N) is 3. The molecule has 0 saturated heterocycles. The first-order valence-corrected chi connectivity index (χ1v) is 10.2. The number of rotatable bonds is 11. The van der Waals surface area contributed by atoms with Crippen molar-refractivity contribution in [1.82, 2.24) is 25.3 Å². The molecule has 3 aromatic rings. The topological polar surface area (TPSA) is 225 Å². The van der Waals surface area contributed by atoms with E-state index in [-0.39, 0.29) is 55.0 Å². The summed E-state index contributed by atoms with van der Waals surface area (Å²) in [5.74, 6) is -2.74. The van der Waals surface area contributed by atoms with Gasteiger partial charge in [-0.15, -0.1) is 0 Å². The van der Waals surface area contributed by atoms with Crippen molar-refractivity contribution < 1.29 is 33.4 Å². The number of nitrogens with two attached hydrogens (primary N) is 1. The number of aromatic nitrogens is 4. The van der Waals surface area contributed by atoms with Gasteiger partial charge in [0.15, 0.2) is 11.2 Å². The highest BCUT2D eigenvalue weighted by Gasteiger charge is 2.24. The highest BCUT2D eigenvalue weighted by molar-refractivity contribution is 5.97.